The van der Waals surface area contributed by atoms with Crippen molar-refractivity contribution < 1.29 is 9.47 Å². The fourth-order valence-electron chi connectivity index (χ4n) is 3.56. The quantitative estimate of drug-likeness (QED) is 0.335. The summed E-state index contributed by atoms with van der Waals surface area (Å²) in [6.07, 6.45) is 3.52. The predicted octanol–water partition coefficient (Wildman–Crippen LogP) is 6.79. The molecule has 0 aliphatic rings. The van der Waals surface area contributed by atoms with Gasteiger partial charge in [-0.2, -0.15) is 0 Å². The number of rotatable bonds is 7. The summed E-state index contributed by atoms with van der Waals surface area (Å²) in [6.45, 7) is 8.46. The second-order valence-electron chi connectivity index (χ2n) is 6.52. The minimum atomic E-state index is 0.443. The highest BCUT2D eigenvalue weighted by atomic mass is 16.5. The zero-order valence-electron chi connectivity index (χ0n) is 15.7. The topological polar surface area (TPSA) is 18.5 Å². The molecule has 0 heterocycles. The van der Waals surface area contributed by atoms with Gasteiger partial charge in [-0.1, -0.05) is 86.0 Å². The van der Waals surface area contributed by atoms with Crippen molar-refractivity contribution in [2.45, 2.75) is 0 Å². The molecule has 2 heteroatoms. The summed E-state index contributed by atoms with van der Waals surface area (Å²) in [4.78, 5) is 0. The molecule has 2 nitrogen and oxygen atoms in total. The second kappa shape index (κ2) is 8.01. The van der Waals surface area contributed by atoms with Gasteiger partial charge in [0, 0.05) is 11.1 Å². The standard InChI is InChI=1S/C26H22O2/c1-3-17-27-23-15-13-19-9-5-7-11-21(19)25(23)26-22-12-8-6-10-20(22)14-16-24(26)28-18-4-2/h3-16H,1-2,17-18H2. The van der Waals surface area contributed by atoms with Gasteiger partial charge in [-0.25, -0.2) is 0 Å². The summed E-state index contributed by atoms with van der Waals surface area (Å²) in [5.41, 5.74) is 2.08. The van der Waals surface area contributed by atoms with Gasteiger partial charge in [0.15, 0.2) is 0 Å². The summed E-state index contributed by atoms with van der Waals surface area (Å²) in [6, 6.07) is 24.9. The van der Waals surface area contributed by atoms with Crippen molar-refractivity contribution in [3.05, 3.63) is 98.1 Å². The van der Waals surface area contributed by atoms with Crippen LogP contribution in [0.15, 0.2) is 98.1 Å². The van der Waals surface area contributed by atoms with Gasteiger partial charge in [0.1, 0.15) is 24.7 Å². The van der Waals surface area contributed by atoms with Crippen molar-refractivity contribution in [3.63, 3.8) is 0 Å². The normalized spacial score (nSPS) is 10.7. The van der Waals surface area contributed by atoms with Crippen LogP contribution in [0.25, 0.3) is 32.7 Å². The summed E-state index contributed by atoms with van der Waals surface area (Å²) in [5.74, 6) is 1.64. The van der Waals surface area contributed by atoms with Crippen LogP contribution in [0, 0.1) is 0 Å². The second-order valence-corrected chi connectivity index (χ2v) is 6.52. The Balaban J connectivity index is 2.09. The predicted molar refractivity (Wildman–Crippen MR) is 118 cm³/mol. The smallest absolute Gasteiger partial charge is 0.128 e. The first-order valence-corrected chi connectivity index (χ1v) is 9.34. The van der Waals surface area contributed by atoms with Crippen molar-refractivity contribution >= 4 is 21.5 Å². The summed E-state index contributed by atoms with van der Waals surface area (Å²) in [7, 11) is 0. The Bertz CT molecular complexity index is 1060. The number of benzene rings is 4. The fraction of sp³-hybridized carbons (Fsp3) is 0.0769. The maximum Gasteiger partial charge on any atom is 0.128 e. The molecule has 0 fully saturated rings. The van der Waals surface area contributed by atoms with Crippen molar-refractivity contribution in [1.82, 2.24) is 0 Å². The Kier molecular flexibility index (Phi) is 5.11. The molecule has 0 atom stereocenters. The molecule has 0 spiro atoms. The first kappa shape index (κ1) is 17.9. The lowest BCUT2D eigenvalue weighted by Crippen LogP contribution is -2.00. The van der Waals surface area contributed by atoms with E-state index >= 15 is 0 Å². The lowest BCUT2D eigenvalue weighted by molar-refractivity contribution is 0.360. The van der Waals surface area contributed by atoms with Crippen molar-refractivity contribution in [2.75, 3.05) is 13.2 Å². The molecule has 0 unspecified atom stereocenters. The van der Waals surface area contributed by atoms with E-state index < -0.39 is 0 Å². The average Bonchev–Trinajstić information content (AvgIpc) is 2.75. The molecular weight excluding hydrogens is 344 g/mol. The van der Waals surface area contributed by atoms with Gasteiger partial charge >= 0.3 is 0 Å². The molecule has 0 radical (unpaired) electrons. The largest absolute Gasteiger partial charge is 0.489 e. The zero-order chi connectivity index (χ0) is 19.3. The van der Waals surface area contributed by atoms with E-state index in [0.717, 1.165) is 44.2 Å². The van der Waals surface area contributed by atoms with E-state index in [2.05, 4.69) is 73.8 Å². The molecule has 0 N–H and O–H groups in total. The Labute approximate surface area is 165 Å². The Morgan fingerprint density at radius 1 is 0.571 bits per heavy atom. The Hall–Kier alpha value is -3.52. The van der Waals surface area contributed by atoms with Gasteiger partial charge in [0.25, 0.3) is 0 Å². The molecule has 0 bridgehead atoms. The van der Waals surface area contributed by atoms with Crippen LogP contribution in [-0.4, -0.2) is 13.2 Å². The lowest BCUT2D eigenvalue weighted by Gasteiger charge is -2.19. The molecule has 4 aromatic rings. The van der Waals surface area contributed by atoms with E-state index in [4.69, 9.17) is 9.47 Å². The molecule has 28 heavy (non-hydrogen) atoms. The Morgan fingerprint density at radius 2 is 1.00 bits per heavy atom. The SMILES string of the molecule is C=CCOc1ccc2ccccc2c1-c1c(OCC=C)ccc2ccccc12. The molecule has 0 aromatic heterocycles. The van der Waals surface area contributed by atoms with Crippen LogP contribution in [0.5, 0.6) is 11.5 Å². The van der Waals surface area contributed by atoms with Crippen molar-refractivity contribution in [3.8, 4) is 22.6 Å². The molecule has 4 rings (SSSR count). The molecule has 138 valence electrons. The van der Waals surface area contributed by atoms with Crippen LogP contribution in [0.2, 0.25) is 0 Å². The third-order valence-corrected chi connectivity index (χ3v) is 4.74. The third kappa shape index (κ3) is 3.25. The molecule has 0 aliphatic heterocycles. The maximum absolute atomic E-state index is 6.06. The van der Waals surface area contributed by atoms with E-state index in [9.17, 15) is 0 Å². The summed E-state index contributed by atoms with van der Waals surface area (Å²) in [5, 5.41) is 4.57. The molecule has 0 saturated carbocycles. The summed E-state index contributed by atoms with van der Waals surface area (Å²) >= 11 is 0. The van der Waals surface area contributed by atoms with Gasteiger partial charge in [-0.3, -0.25) is 0 Å². The highest BCUT2D eigenvalue weighted by Gasteiger charge is 2.18. The molecule has 4 aromatic carbocycles. The molecule has 0 aliphatic carbocycles. The monoisotopic (exact) mass is 366 g/mol. The Morgan fingerprint density at radius 3 is 1.43 bits per heavy atom. The van der Waals surface area contributed by atoms with Crippen molar-refractivity contribution in [1.29, 1.82) is 0 Å². The van der Waals surface area contributed by atoms with Gasteiger partial charge in [-0.15, -0.1) is 0 Å². The average molecular weight is 366 g/mol. The van der Waals surface area contributed by atoms with Gasteiger partial charge in [0.05, 0.1) is 0 Å². The van der Waals surface area contributed by atoms with E-state index in [-0.39, 0.29) is 0 Å². The molecule has 0 amide bonds. The minimum Gasteiger partial charge on any atom is -0.489 e. The van der Waals surface area contributed by atoms with Gasteiger partial charge < -0.3 is 9.47 Å². The highest BCUT2D eigenvalue weighted by Crippen LogP contribution is 2.45. The zero-order valence-corrected chi connectivity index (χ0v) is 15.7. The van der Waals surface area contributed by atoms with Crippen LogP contribution in [0.4, 0.5) is 0 Å². The van der Waals surface area contributed by atoms with Crippen LogP contribution in [0.1, 0.15) is 0 Å². The van der Waals surface area contributed by atoms with E-state index in [1.54, 1.807) is 12.2 Å². The minimum absolute atomic E-state index is 0.443. The molecular formula is C26H22O2. The van der Waals surface area contributed by atoms with E-state index in [1.807, 2.05) is 12.1 Å². The summed E-state index contributed by atoms with van der Waals surface area (Å²) < 4.78 is 12.1. The van der Waals surface area contributed by atoms with Gasteiger partial charge in [0.2, 0.25) is 0 Å². The van der Waals surface area contributed by atoms with Crippen LogP contribution < -0.4 is 9.47 Å². The highest BCUT2D eigenvalue weighted by molar-refractivity contribution is 6.09. The number of fused-ring (bicyclic) bond motifs is 2. The molecule has 0 saturated heterocycles. The van der Waals surface area contributed by atoms with Gasteiger partial charge in [-0.05, 0) is 33.7 Å². The van der Waals surface area contributed by atoms with Crippen molar-refractivity contribution in [2.24, 2.45) is 0 Å². The first-order chi connectivity index (χ1) is 13.8. The number of hydrogen-bond acceptors (Lipinski definition) is 2. The maximum atomic E-state index is 6.06. The fourth-order valence-corrected chi connectivity index (χ4v) is 3.56. The van der Waals surface area contributed by atoms with E-state index in [1.165, 1.54) is 0 Å². The van der Waals surface area contributed by atoms with Crippen LogP contribution >= 0.6 is 0 Å². The van der Waals surface area contributed by atoms with E-state index in [0.29, 0.717) is 13.2 Å². The first-order valence-electron chi connectivity index (χ1n) is 9.34. The number of hydrogen-bond donors (Lipinski definition) is 0. The number of ether oxygens (including phenoxy) is 2. The van der Waals surface area contributed by atoms with Crippen LogP contribution in [0.3, 0.4) is 0 Å². The third-order valence-electron chi connectivity index (χ3n) is 4.74. The van der Waals surface area contributed by atoms with Crippen LogP contribution in [-0.2, 0) is 0 Å². The lowest BCUT2D eigenvalue weighted by atomic mass is 9.92.